The summed E-state index contributed by atoms with van der Waals surface area (Å²) in [6.07, 6.45) is 4.27. The molecule has 0 unspecified atom stereocenters. The summed E-state index contributed by atoms with van der Waals surface area (Å²) >= 11 is 0. The van der Waals surface area contributed by atoms with Gasteiger partial charge in [0.05, 0.1) is 18.0 Å². The summed E-state index contributed by atoms with van der Waals surface area (Å²) in [7, 11) is 2.92. The molecular weight excluding hydrogens is 600 g/mol. The van der Waals surface area contributed by atoms with Crippen LogP contribution in [-0.2, 0) is 21.4 Å². The van der Waals surface area contributed by atoms with E-state index in [0.29, 0.717) is 29.5 Å². The second-order valence-electron chi connectivity index (χ2n) is 11.7. The average Bonchev–Trinajstić information content (AvgIpc) is 3.49. The van der Waals surface area contributed by atoms with Crippen molar-refractivity contribution in [1.82, 2.24) is 30.3 Å². The highest BCUT2D eigenvalue weighted by atomic mass is 16.5. The summed E-state index contributed by atoms with van der Waals surface area (Å²) in [6.45, 7) is 5.99. The molecule has 5 amide bonds. The molecule has 4 aromatic rings. The maximum atomic E-state index is 13.2. The van der Waals surface area contributed by atoms with Gasteiger partial charge in [0.2, 0.25) is 11.8 Å². The van der Waals surface area contributed by atoms with Gasteiger partial charge in [-0.2, -0.15) is 5.10 Å². The second kappa shape index (κ2) is 15.5. The molecule has 0 radical (unpaired) electrons. The molecule has 0 aliphatic rings. The van der Waals surface area contributed by atoms with Gasteiger partial charge in [0.1, 0.15) is 24.7 Å². The van der Waals surface area contributed by atoms with Crippen LogP contribution in [0.4, 0.5) is 16.3 Å². The number of anilines is 2. The van der Waals surface area contributed by atoms with Gasteiger partial charge >= 0.3 is 6.03 Å². The molecule has 0 fully saturated rings. The van der Waals surface area contributed by atoms with Crippen molar-refractivity contribution in [2.75, 3.05) is 44.4 Å². The Bertz CT molecular complexity index is 1660. The molecule has 246 valence electrons. The van der Waals surface area contributed by atoms with Crippen molar-refractivity contribution < 1.29 is 23.9 Å². The Morgan fingerprint density at radius 1 is 0.872 bits per heavy atom. The van der Waals surface area contributed by atoms with Crippen molar-refractivity contribution >= 4 is 35.3 Å². The summed E-state index contributed by atoms with van der Waals surface area (Å²) in [6, 6.07) is 18.8. The lowest BCUT2D eigenvalue weighted by atomic mass is 9.92. The molecule has 0 spiro atoms. The summed E-state index contributed by atoms with van der Waals surface area (Å²) in [5.41, 5.74) is 2.95. The van der Waals surface area contributed by atoms with Gasteiger partial charge < -0.3 is 25.6 Å². The van der Waals surface area contributed by atoms with Crippen molar-refractivity contribution in [3.05, 3.63) is 95.9 Å². The SMILES string of the molecule is CNC(=O)CN(CC(=O)NC)C(=O)c1ccc(-n2nc(C(C)(C)C)cc2NC(=O)Nc2ccc(OCCc3cccnc3)cc2)cc1. The minimum Gasteiger partial charge on any atom is -0.493 e. The number of hydrogen-bond donors (Lipinski definition) is 4. The van der Waals surface area contributed by atoms with E-state index in [0.717, 1.165) is 22.6 Å². The minimum atomic E-state index is -0.484. The third-order valence-electron chi connectivity index (χ3n) is 7.09. The Hall–Kier alpha value is -5.72. The maximum Gasteiger partial charge on any atom is 0.324 e. The predicted octanol–water partition coefficient (Wildman–Crippen LogP) is 3.76. The third kappa shape index (κ3) is 9.63. The van der Waals surface area contributed by atoms with Gasteiger partial charge in [-0.05, 0) is 60.2 Å². The van der Waals surface area contributed by atoms with Crippen LogP contribution < -0.4 is 26.0 Å². The number of ether oxygens (including phenoxy) is 1. The number of amides is 5. The zero-order valence-corrected chi connectivity index (χ0v) is 27.2. The summed E-state index contributed by atoms with van der Waals surface area (Å²) in [4.78, 5) is 55.5. The first-order chi connectivity index (χ1) is 22.5. The standard InChI is InChI=1S/C34H40N8O5/c1-34(2,3)28-19-29(39-33(46)38-25-10-14-27(15-11-25)47-18-16-23-7-6-17-37-20-23)42(40-28)26-12-8-24(9-13-26)32(45)41(21-30(43)35-4)22-31(44)36-5/h6-15,17,19-20H,16,18,21-22H2,1-5H3,(H,35,43)(H,36,44)(H2,38,39,46). The molecule has 13 nitrogen and oxygen atoms in total. The monoisotopic (exact) mass is 640 g/mol. The minimum absolute atomic E-state index is 0.274. The van der Waals surface area contributed by atoms with Gasteiger partial charge in [0.15, 0.2) is 0 Å². The van der Waals surface area contributed by atoms with Crippen molar-refractivity contribution in [2.45, 2.75) is 32.6 Å². The molecule has 0 aliphatic heterocycles. The van der Waals surface area contributed by atoms with Crippen LogP contribution in [0, 0.1) is 0 Å². The zero-order chi connectivity index (χ0) is 34.0. The van der Waals surface area contributed by atoms with Gasteiger partial charge in [-0.25, -0.2) is 9.48 Å². The highest BCUT2D eigenvalue weighted by Crippen LogP contribution is 2.27. The molecule has 0 atom stereocenters. The largest absolute Gasteiger partial charge is 0.493 e. The van der Waals surface area contributed by atoms with E-state index in [2.05, 4.69) is 26.3 Å². The molecule has 2 aromatic carbocycles. The molecule has 0 saturated heterocycles. The zero-order valence-electron chi connectivity index (χ0n) is 27.2. The first-order valence-electron chi connectivity index (χ1n) is 15.1. The van der Waals surface area contributed by atoms with Gasteiger partial charge in [0, 0.05) is 55.6 Å². The van der Waals surface area contributed by atoms with Crippen LogP contribution >= 0.6 is 0 Å². The fourth-order valence-corrected chi connectivity index (χ4v) is 4.41. The Labute approximate surface area is 273 Å². The van der Waals surface area contributed by atoms with E-state index < -0.39 is 23.8 Å². The number of benzene rings is 2. The predicted molar refractivity (Wildman–Crippen MR) is 179 cm³/mol. The lowest BCUT2D eigenvalue weighted by Crippen LogP contribution is -2.44. The molecule has 2 aromatic heterocycles. The highest BCUT2D eigenvalue weighted by Gasteiger charge is 2.23. The Morgan fingerprint density at radius 2 is 1.53 bits per heavy atom. The van der Waals surface area contributed by atoms with Gasteiger partial charge in [0.25, 0.3) is 5.91 Å². The maximum absolute atomic E-state index is 13.2. The van der Waals surface area contributed by atoms with Gasteiger partial charge in [-0.3, -0.25) is 24.7 Å². The molecule has 0 bridgehead atoms. The summed E-state index contributed by atoms with van der Waals surface area (Å²) in [5, 5.41) is 15.4. The number of rotatable bonds is 12. The number of nitrogens with zero attached hydrogens (tertiary/aromatic N) is 4. The summed E-state index contributed by atoms with van der Waals surface area (Å²) < 4.78 is 7.40. The van der Waals surface area contributed by atoms with Crippen molar-refractivity contribution in [3.63, 3.8) is 0 Å². The number of nitrogens with one attached hydrogen (secondary N) is 4. The molecule has 2 heterocycles. The number of carbonyl (C=O) groups excluding carboxylic acids is 4. The highest BCUT2D eigenvalue weighted by molar-refractivity contribution is 6.00. The van der Waals surface area contributed by atoms with E-state index >= 15 is 0 Å². The number of urea groups is 1. The Morgan fingerprint density at radius 3 is 2.11 bits per heavy atom. The molecular formula is C34H40N8O5. The molecule has 0 saturated carbocycles. The number of aromatic nitrogens is 3. The van der Waals surface area contributed by atoms with E-state index in [4.69, 9.17) is 9.84 Å². The van der Waals surface area contributed by atoms with Gasteiger partial charge in [-0.1, -0.05) is 26.8 Å². The van der Waals surface area contributed by atoms with Gasteiger partial charge in [-0.15, -0.1) is 0 Å². The van der Waals surface area contributed by atoms with E-state index in [1.165, 1.54) is 14.1 Å². The quantitative estimate of drug-likeness (QED) is 0.183. The van der Waals surface area contributed by atoms with Crippen LogP contribution in [0.25, 0.3) is 5.69 Å². The number of carbonyl (C=O) groups is 4. The molecule has 4 N–H and O–H groups in total. The van der Waals surface area contributed by atoms with E-state index in [1.54, 1.807) is 65.5 Å². The second-order valence-corrected chi connectivity index (χ2v) is 11.7. The normalized spacial score (nSPS) is 10.9. The third-order valence-corrected chi connectivity index (χ3v) is 7.09. The molecule has 0 aliphatic carbocycles. The smallest absolute Gasteiger partial charge is 0.324 e. The van der Waals surface area contributed by atoms with Crippen LogP contribution in [0.15, 0.2) is 79.1 Å². The average molecular weight is 641 g/mol. The van der Waals surface area contributed by atoms with Crippen molar-refractivity contribution in [3.8, 4) is 11.4 Å². The Kier molecular flexibility index (Phi) is 11.3. The van der Waals surface area contributed by atoms with E-state index in [1.807, 2.05) is 39.1 Å². The first kappa shape index (κ1) is 34.2. The van der Waals surface area contributed by atoms with Crippen LogP contribution in [0.3, 0.4) is 0 Å². The van der Waals surface area contributed by atoms with Crippen molar-refractivity contribution in [1.29, 1.82) is 0 Å². The fourth-order valence-electron chi connectivity index (χ4n) is 4.41. The van der Waals surface area contributed by atoms with Crippen molar-refractivity contribution in [2.24, 2.45) is 0 Å². The van der Waals surface area contributed by atoms with E-state index in [-0.39, 0.29) is 24.1 Å². The first-order valence-corrected chi connectivity index (χ1v) is 15.1. The lowest BCUT2D eigenvalue weighted by Gasteiger charge is -2.21. The number of pyridine rings is 1. The molecule has 13 heteroatoms. The van der Waals surface area contributed by atoms with Crippen LogP contribution in [-0.4, -0.2) is 77.2 Å². The van der Waals surface area contributed by atoms with Crippen LogP contribution in [0.5, 0.6) is 5.75 Å². The fraction of sp³-hybridized carbons (Fsp3) is 0.294. The van der Waals surface area contributed by atoms with Crippen LogP contribution in [0.2, 0.25) is 0 Å². The topological polar surface area (TPSA) is 160 Å². The van der Waals surface area contributed by atoms with Crippen LogP contribution in [0.1, 0.15) is 42.4 Å². The number of hydrogen-bond acceptors (Lipinski definition) is 7. The number of likely N-dealkylation sites (N-methyl/N-ethyl adjacent to an activating group) is 2. The molecule has 47 heavy (non-hydrogen) atoms. The summed E-state index contributed by atoms with van der Waals surface area (Å²) in [5.74, 6) is -0.189. The molecule has 4 rings (SSSR count). The Balaban J connectivity index is 1.45. The van der Waals surface area contributed by atoms with E-state index in [9.17, 15) is 19.2 Å². The lowest BCUT2D eigenvalue weighted by molar-refractivity contribution is -0.123.